The largest absolute Gasteiger partial charge is 0.325 e. The molecule has 4 rings (SSSR count). The predicted molar refractivity (Wildman–Crippen MR) is 112 cm³/mol. The second kappa shape index (κ2) is 7.73. The molecule has 7 heteroatoms. The van der Waals surface area contributed by atoms with Crippen molar-refractivity contribution < 1.29 is 9.59 Å². The number of hydrogen-bond acceptors (Lipinski definition) is 4. The quantitative estimate of drug-likeness (QED) is 0.632. The van der Waals surface area contributed by atoms with E-state index >= 15 is 0 Å². The summed E-state index contributed by atoms with van der Waals surface area (Å²) in [4.78, 5) is 30.7. The smallest absolute Gasteiger partial charge is 0.257 e. The van der Waals surface area contributed by atoms with Gasteiger partial charge in [-0.2, -0.15) is 0 Å². The number of nitrogens with one attached hydrogen (secondary N) is 2. The lowest BCUT2D eigenvalue weighted by Gasteiger charge is -2.12. The summed E-state index contributed by atoms with van der Waals surface area (Å²) in [5, 5.41) is 6.91. The molecule has 0 saturated carbocycles. The van der Waals surface area contributed by atoms with E-state index in [1.54, 1.807) is 24.3 Å². The Kier molecular flexibility index (Phi) is 5.15. The molecule has 2 aromatic carbocycles. The molecular weight excluding hydrogens is 394 g/mol. The molecule has 0 aliphatic heterocycles. The number of rotatable bonds is 4. The molecule has 0 bridgehead atoms. The van der Waals surface area contributed by atoms with Gasteiger partial charge in [0, 0.05) is 21.2 Å². The average Bonchev–Trinajstić information content (AvgIpc) is 3.24. The normalized spacial score (nSPS) is 15.1. The third-order valence-electron chi connectivity index (χ3n) is 4.76. The number of fused-ring (bicyclic) bond motifs is 1. The van der Waals surface area contributed by atoms with Crippen molar-refractivity contribution in [3.8, 4) is 0 Å². The Morgan fingerprint density at radius 1 is 1.11 bits per heavy atom. The Bertz CT molecular complexity index is 1050. The molecule has 2 N–H and O–H groups in total. The standard InChI is InChI=1S/C21H18ClN3O2S/c1-12-4-2-3-5-16(12)23-20(27)15-10-11-17-18(15)24-21(28-17)25-19(26)13-6-8-14(22)9-7-13/h2-9,15H,10-11H2,1H3,(H,23,27)(H,24,25,26). The second-order valence-electron chi connectivity index (χ2n) is 6.68. The van der Waals surface area contributed by atoms with Crippen LogP contribution < -0.4 is 10.6 Å². The highest BCUT2D eigenvalue weighted by Crippen LogP contribution is 2.39. The van der Waals surface area contributed by atoms with Crippen molar-refractivity contribution in [1.29, 1.82) is 0 Å². The minimum atomic E-state index is -0.299. The van der Waals surface area contributed by atoms with E-state index < -0.39 is 0 Å². The molecule has 2 amide bonds. The van der Waals surface area contributed by atoms with Crippen molar-refractivity contribution in [2.24, 2.45) is 0 Å². The molecule has 3 aromatic rings. The van der Waals surface area contributed by atoms with Gasteiger partial charge in [0.1, 0.15) is 0 Å². The summed E-state index contributed by atoms with van der Waals surface area (Å²) in [5.74, 6) is -0.606. The van der Waals surface area contributed by atoms with Gasteiger partial charge >= 0.3 is 0 Å². The van der Waals surface area contributed by atoms with Crippen LogP contribution in [0.1, 0.15) is 38.8 Å². The Labute approximate surface area is 171 Å². The number of amides is 2. The summed E-state index contributed by atoms with van der Waals surface area (Å²) in [6.07, 6.45) is 1.52. The van der Waals surface area contributed by atoms with Crippen LogP contribution in [0.15, 0.2) is 48.5 Å². The van der Waals surface area contributed by atoms with Gasteiger partial charge in [-0.05, 0) is 55.7 Å². The number of aromatic nitrogens is 1. The summed E-state index contributed by atoms with van der Waals surface area (Å²) >= 11 is 7.29. The topological polar surface area (TPSA) is 71.1 Å². The molecule has 1 aliphatic rings. The molecule has 1 aliphatic carbocycles. The highest BCUT2D eigenvalue weighted by molar-refractivity contribution is 7.16. The fourth-order valence-corrected chi connectivity index (χ4v) is 4.40. The van der Waals surface area contributed by atoms with Gasteiger partial charge in [0.15, 0.2) is 5.13 Å². The number of thiazole rings is 1. The van der Waals surface area contributed by atoms with Crippen LogP contribution in [0, 0.1) is 6.92 Å². The van der Waals surface area contributed by atoms with Crippen molar-refractivity contribution in [2.75, 3.05) is 10.6 Å². The lowest BCUT2D eigenvalue weighted by atomic mass is 10.1. The number of halogens is 1. The van der Waals surface area contributed by atoms with Gasteiger partial charge < -0.3 is 5.32 Å². The fourth-order valence-electron chi connectivity index (χ4n) is 3.24. The number of carbonyl (C=O) groups excluding carboxylic acids is 2. The van der Waals surface area contributed by atoms with E-state index in [9.17, 15) is 9.59 Å². The number of nitrogens with zero attached hydrogens (tertiary/aromatic N) is 1. The molecular formula is C21H18ClN3O2S. The van der Waals surface area contributed by atoms with Crippen LogP contribution >= 0.6 is 22.9 Å². The molecule has 28 heavy (non-hydrogen) atoms. The van der Waals surface area contributed by atoms with Crippen LogP contribution in [0.4, 0.5) is 10.8 Å². The van der Waals surface area contributed by atoms with Crippen molar-refractivity contribution in [3.63, 3.8) is 0 Å². The van der Waals surface area contributed by atoms with Crippen LogP contribution in [-0.4, -0.2) is 16.8 Å². The molecule has 0 radical (unpaired) electrons. The SMILES string of the molecule is Cc1ccccc1NC(=O)C1CCc2sc(NC(=O)c3ccc(Cl)cc3)nc21. The van der Waals surface area contributed by atoms with Crippen LogP contribution in [0.3, 0.4) is 0 Å². The van der Waals surface area contributed by atoms with Crippen LogP contribution in [0.5, 0.6) is 0 Å². The Morgan fingerprint density at radius 2 is 1.86 bits per heavy atom. The lowest BCUT2D eigenvalue weighted by Crippen LogP contribution is -2.20. The Hall–Kier alpha value is -2.70. The van der Waals surface area contributed by atoms with Crippen LogP contribution in [0.2, 0.25) is 5.02 Å². The van der Waals surface area contributed by atoms with E-state index in [-0.39, 0.29) is 17.7 Å². The fraction of sp³-hybridized carbons (Fsp3) is 0.190. The number of hydrogen-bond donors (Lipinski definition) is 2. The summed E-state index contributed by atoms with van der Waals surface area (Å²) in [6.45, 7) is 1.96. The van der Waals surface area contributed by atoms with E-state index in [4.69, 9.17) is 11.6 Å². The first kappa shape index (κ1) is 18.7. The zero-order chi connectivity index (χ0) is 19.7. The van der Waals surface area contributed by atoms with E-state index in [1.807, 2.05) is 31.2 Å². The van der Waals surface area contributed by atoms with Crippen LogP contribution in [-0.2, 0) is 11.2 Å². The number of carbonyl (C=O) groups is 2. The summed E-state index contributed by atoms with van der Waals surface area (Å²) < 4.78 is 0. The zero-order valence-electron chi connectivity index (χ0n) is 15.2. The highest BCUT2D eigenvalue weighted by atomic mass is 35.5. The first-order valence-electron chi connectivity index (χ1n) is 8.94. The molecule has 0 spiro atoms. The van der Waals surface area contributed by atoms with Gasteiger partial charge in [-0.3, -0.25) is 14.9 Å². The van der Waals surface area contributed by atoms with E-state index in [0.717, 1.165) is 34.7 Å². The molecule has 1 aromatic heterocycles. The minimum absolute atomic E-state index is 0.0612. The van der Waals surface area contributed by atoms with Crippen LogP contribution in [0.25, 0.3) is 0 Å². The minimum Gasteiger partial charge on any atom is -0.325 e. The number of anilines is 2. The third kappa shape index (κ3) is 3.79. The van der Waals surface area contributed by atoms with Gasteiger partial charge in [0.05, 0.1) is 11.6 Å². The molecule has 5 nitrogen and oxygen atoms in total. The summed E-state index contributed by atoms with van der Waals surface area (Å²) in [5.41, 5.74) is 3.10. The van der Waals surface area contributed by atoms with Crippen molar-refractivity contribution >= 4 is 45.6 Å². The molecule has 1 heterocycles. The Morgan fingerprint density at radius 3 is 2.61 bits per heavy atom. The first-order chi connectivity index (χ1) is 13.5. The summed E-state index contributed by atoms with van der Waals surface area (Å²) in [6, 6.07) is 14.4. The molecule has 0 saturated heterocycles. The number of benzene rings is 2. The van der Waals surface area contributed by atoms with Gasteiger partial charge in [0.2, 0.25) is 5.91 Å². The average molecular weight is 412 g/mol. The predicted octanol–water partition coefficient (Wildman–Crippen LogP) is 5.03. The lowest BCUT2D eigenvalue weighted by molar-refractivity contribution is -0.117. The number of aryl methyl sites for hydroxylation is 2. The van der Waals surface area contributed by atoms with Gasteiger partial charge in [-0.15, -0.1) is 11.3 Å². The van der Waals surface area contributed by atoms with Gasteiger partial charge in [-0.1, -0.05) is 29.8 Å². The van der Waals surface area contributed by atoms with Crippen molar-refractivity contribution in [2.45, 2.75) is 25.7 Å². The first-order valence-corrected chi connectivity index (χ1v) is 10.1. The van der Waals surface area contributed by atoms with Crippen molar-refractivity contribution in [1.82, 2.24) is 4.98 Å². The van der Waals surface area contributed by atoms with Crippen molar-refractivity contribution in [3.05, 3.63) is 75.3 Å². The third-order valence-corrected chi connectivity index (χ3v) is 6.06. The van der Waals surface area contributed by atoms with E-state index in [2.05, 4.69) is 15.6 Å². The zero-order valence-corrected chi connectivity index (χ0v) is 16.7. The maximum absolute atomic E-state index is 12.8. The molecule has 1 unspecified atom stereocenters. The van der Waals surface area contributed by atoms with E-state index in [1.165, 1.54) is 11.3 Å². The highest BCUT2D eigenvalue weighted by Gasteiger charge is 2.33. The number of para-hydroxylation sites is 1. The second-order valence-corrected chi connectivity index (χ2v) is 8.20. The summed E-state index contributed by atoms with van der Waals surface area (Å²) in [7, 11) is 0. The maximum atomic E-state index is 12.8. The molecule has 142 valence electrons. The molecule has 0 fully saturated rings. The van der Waals surface area contributed by atoms with Gasteiger partial charge in [0.25, 0.3) is 5.91 Å². The Balaban J connectivity index is 1.48. The molecule has 1 atom stereocenters. The van der Waals surface area contributed by atoms with Gasteiger partial charge in [-0.25, -0.2) is 4.98 Å². The van der Waals surface area contributed by atoms with E-state index in [0.29, 0.717) is 15.7 Å². The maximum Gasteiger partial charge on any atom is 0.257 e. The monoisotopic (exact) mass is 411 g/mol.